The number of nitrogen functional groups attached to an aromatic ring is 1. The molecule has 1 aromatic carbocycles. The predicted molar refractivity (Wildman–Crippen MR) is 70.8 cm³/mol. The first-order valence-corrected chi connectivity index (χ1v) is 5.47. The number of carbonyl (C=O) groups is 2. The van der Waals surface area contributed by atoms with E-state index in [1.54, 1.807) is 26.0 Å². The molecule has 0 saturated carbocycles. The molecule has 6 nitrogen and oxygen atoms in total. The van der Waals surface area contributed by atoms with E-state index in [9.17, 15) is 9.59 Å². The van der Waals surface area contributed by atoms with Gasteiger partial charge in [-0.05, 0) is 32.0 Å². The fourth-order valence-corrected chi connectivity index (χ4v) is 1.28. The van der Waals surface area contributed by atoms with E-state index in [4.69, 9.17) is 17.2 Å². The Bertz CT molecular complexity index is 483. The minimum atomic E-state index is -0.686. The summed E-state index contributed by atoms with van der Waals surface area (Å²) in [6.07, 6.45) is 0. The van der Waals surface area contributed by atoms with Crippen molar-refractivity contribution in [1.82, 2.24) is 0 Å². The average Bonchev–Trinajstić information content (AvgIpc) is 2.26. The Hall–Kier alpha value is -2.24. The zero-order valence-corrected chi connectivity index (χ0v) is 10.5. The van der Waals surface area contributed by atoms with Gasteiger partial charge in [-0.1, -0.05) is 0 Å². The van der Waals surface area contributed by atoms with E-state index in [-0.39, 0.29) is 0 Å². The van der Waals surface area contributed by atoms with Crippen molar-refractivity contribution in [2.75, 3.05) is 17.6 Å². The first kappa shape index (κ1) is 13.8. The van der Waals surface area contributed by atoms with Crippen LogP contribution in [0.2, 0.25) is 0 Å². The van der Waals surface area contributed by atoms with Crippen LogP contribution in [0.15, 0.2) is 18.2 Å². The van der Waals surface area contributed by atoms with Crippen LogP contribution in [0.3, 0.4) is 0 Å². The number of hydrogen-bond donors (Lipinski definition) is 4. The van der Waals surface area contributed by atoms with E-state index in [1.165, 1.54) is 6.07 Å². The molecule has 2 amide bonds. The molecule has 6 heteroatoms. The number of amides is 2. The number of benzene rings is 1. The highest BCUT2D eigenvalue weighted by Gasteiger charge is 2.24. The number of rotatable bonds is 5. The summed E-state index contributed by atoms with van der Waals surface area (Å²) in [4.78, 5) is 22.1. The van der Waals surface area contributed by atoms with E-state index >= 15 is 0 Å². The molecular weight excluding hydrogens is 232 g/mol. The van der Waals surface area contributed by atoms with Crippen molar-refractivity contribution < 1.29 is 9.59 Å². The molecule has 0 aliphatic rings. The Morgan fingerprint density at radius 3 is 2.33 bits per heavy atom. The SMILES string of the molecule is CC(C)(CNc1ccc(C(N)=O)cc1N)C(N)=O. The summed E-state index contributed by atoms with van der Waals surface area (Å²) in [7, 11) is 0. The Labute approximate surface area is 106 Å². The number of hydrogen-bond acceptors (Lipinski definition) is 4. The average molecular weight is 250 g/mol. The van der Waals surface area contributed by atoms with Crippen molar-refractivity contribution in [3.05, 3.63) is 23.8 Å². The van der Waals surface area contributed by atoms with Crippen molar-refractivity contribution in [3.63, 3.8) is 0 Å². The maximum absolute atomic E-state index is 11.2. The molecule has 0 radical (unpaired) electrons. The van der Waals surface area contributed by atoms with E-state index < -0.39 is 17.2 Å². The number of nitrogens with one attached hydrogen (secondary N) is 1. The van der Waals surface area contributed by atoms with Crippen LogP contribution in [0, 0.1) is 5.41 Å². The standard InChI is InChI=1S/C12H18N4O2/c1-12(2,11(15)18)6-16-9-4-3-7(10(14)17)5-8(9)13/h3-5,16H,6,13H2,1-2H3,(H2,14,17)(H2,15,18). The molecule has 0 spiro atoms. The van der Waals surface area contributed by atoms with Crippen LogP contribution in [0.25, 0.3) is 0 Å². The molecule has 18 heavy (non-hydrogen) atoms. The molecule has 0 atom stereocenters. The minimum Gasteiger partial charge on any atom is -0.397 e. The molecule has 1 rings (SSSR count). The maximum atomic E-state index is 11.2. The highest BCUT2D eigenvalue weighted by atomic mass is 16.1. The lowest BCUT2D eigenvalue weighted by Crippen LogP contribution is -2.37. The normalized spacial score (nSPS) is 11.0. The molecule has 0 bridgehead atoms. The largest absolute Gasteiger partial charge is 0.397 e. The van der Waals surface area contributed by atoms with Crippen LogP contribution in [0.1, 0.15) is 24.2 Å². The van der Waals surface area contributed by atoms with Crippen molar-refractivity contribution in [2.45, 2.75) is 13.8 Å². The van der Waals surface area contributed by atoms with Gasteiger partial charge in [0.1, 0.15) is 0 Å². The van der Waals surface area contributed by atoms with Gasteiger partial charge in [0.05, 0.1) is 16.8 Å². The molecule has 0 fully saturated rings. The molecule has 7 N–H and O–H groups in total. The van der Waals surface area contributed by atoms with Crippen LogP contribution in [0.4, 0.5) is 11.4 Å². The summed E-state index contributed by atoms with van der Waals surface area (Å²) >= 11 is 0. The molecule has 0 aliphatic heterocycles. The third kappa shape index (κ3) is 3.13. The minimum absolute atomic E-state index is 0.340. The Kier molecular flexibility index (Phi) is 3.80. The third-order valence-electron chi connectivity index (χ3n) is 2.72. The summed E-state index contributed by atoms with van der Waals surface area (Å²) in [6, 6.07) is 4.70. The lowest BCUT2D eigenvalue weighted by atomic mass is 9.92. The Morgan fingerprint density at radius 2 is 1.89 bits per heavy atom. The number of nitrogens with two attached hydrogens (primary N) is 3. The summed E-state index contributed by atoms with van der Waals surface area (Å²) in [6.45, 7) is 3.81. The first-order chi connectivity index (χ1) is 8.24. The molecule has 0 aromatic heterocycles. The van der Waals surface area contributed by atoms with Crippen molar-refractivity contribution in [3.8, 4) is 0 Å². The third-order valence-corrected chi connectivity index (χ3v) is 2.72. The maximum Gasteiger partial charge on any atom is 0.248 e. The molecule has 0 aliphatic carbocycles. The van der Waals surface area contributed by atoms with Gasteiger partial charge in [-0.25, -0.2) is 0 Å². The van der Waals surface area contributed by atoms with Gasteiger partial charge in [0, 0.05) is 12.1 Å². The quantitative estimate of drug-likeness (QED) is 0.560. The van der Waals surface area contributed by atoms with Crippen molar-refractivity contribution in [1.29, 1.82) is 0 Å². The molecule has 0 unspecified atom stereocenters. The Balaban J connectivity index is 2.81. The van der Waals surface area contributed by atoms with Crippen molar-refractivity contribution in [2.24, 2.45) is 16.9 Å². The highest BCUT2D eigenvalue weighted by molar-refractivity contribution is 5.94. The van der Waals surface area contributed by atoms with Crippen molar-refractivity contribution >= 4 is 23.2 Å². The lowest BCUT2D eigenvalue weighted by Gasteiger charge is -2.22. The number of primary amides is 2. The van der Waals surface area contributed by atoms with Gasteiger partial charge in [-0.15, -0.1) is 0 Å². The highest BCUT2D eigenvalue weighted by Crippen LogP contribution is 2.22. The van der Waals surface area contributed by atoms with Gasteiger partial charge in [0.25, 0.3) is 0 Å². The van der Waals surface area contributed by atoms with Gasteiger partial charge < -0.3 is 22.5 Å². The molecule has 1 aromatic rings. The van der Waals surface area contributed by atoms with Crippen LogP contribution in [-0.2, 0) is 4.79 Å². The lowest BCUT2D eigenvalue weighted by molar-refractivity contribution is -0.125. The summed E-state index contributed by atoms with van der Waals surface area (Å²) < 4.78 is 0. The predicted octanol–water partition coefficient (Wildman–Crippen LogP) is 0.291. The van der Waals surface area contributed by atoms with Crippen LogP contribution < -0.4 is 22.5 Å². The topological polar surface area (TPSA) is 124 Å². The summed E-state index contributed by atoms with van der Waals surface area (Å²) in [5.74, 6) is -0.937. The van der Waals surface area contributed by atoms with Gasteiger partial charge in [-0.2, -0.15) is 0 Å². The first-order valence-electron chi connectivity index (χ1n) is 5.47. The van der Waals surface area contributed by atoms with Gasteiger partial charge in [0.2, 0.25) is 11.8 Å². The second kappa shape index (κ2) is 4.95. The van der Waals surface area contributed by atoms with E-state index in [2.05, 4.69) is 5.32 Å². The van der Waals surface area contributed by atoms with Gasteiger partial charge >= 0.3 is 0 Å². The second-order valence-electron chi connectivity index (χ2n) is 4.77. The fraction of sp³-hybridized carbons (Fsp3) is 0.333. The van der Waals surface area contributed by atoms with E-state index in [0.717, 1.165) is 0 Å². The fourth-order valence-electron chi connectivity index (χ4n) is 1.28. The summed E-state index contributed by atoms with van der Waals surface area (Å²) in [5.41, 5.74) is 16.9. The number of anilines is 2. The summed E-state index contributed by atoms with van der Waals surface area (Å²) in [5, 5.41) is 3.02. The monoisotopic (exact) mass is 250 g/mol. The van der Waals surface area contributed by atoms with E-state index in [0.29, 0.717) is 23.5 Å². The zero-order valence-electron chi connectivity index (χ0n) is 10.5. The number of carbonyl (C=O) groups excluding carboxylic acids is 2. The smallest absolute Gasteiger partial charge is 0.248 e. The van der Waals surface area contributed by atoms with Gasteiger partial charge in [-0.3, -0.25) is 9.59 Å². The van der Waals surface area contributed by atoms with Gasteiger partial charge in [0.15, 0.2) is 0 Å². The Morgan fingerprint density at radius 1 is 1.28 bits per heavy atom. The molecular formula is C12H18N4O2. The van der Waals surface area contributed by atoms with Crippen LogP contribution in [0.5, 0.6) is 0 Å². The van der Waals surface area contributed by atoms with E-state index in [1.807, 2.05) is 0 Å². The molecule has 0 heterocycles. The van der Waals surface area contributed by atoms with Crippen LogP contribution in [-0.4, -0.2) is 18.4 Å². The zero-order chi connectivity index (χ0) is 13.9. The second-order valence-corrected chi connectivity index (χ2v) is 4.77. The molecule has 98 valence electrons. The van der Waals surface area contributed by atoms with Crippen LogP contribution >= 0.6 is 0 Å². The molecule has 0 saturated heterocycles.